The van der Waals surface area contributed by atoms with Gasteiger partial charge in [-0.15, -0.1) is 12.3 Å². The molecule has 0 aliphatic heterocycles. The van der Waals surface area contributed by atoms with Gasteiger partial charge in [-0.2, -0.15) is 15.0 Å². The maximum atomic E-state index is 5.33. The van der Waals surface area contributed by atoms with Gasteiger partial charge in [0.2, 0.25) is 0 Å². The second-order valence-electron chi connectivity index (χ2n) is 4.36. The van der Waals surface area contributed by atoms with Gasteiger partial charge in [-0.05, 0) is 18.6 Å². The van der Waals surface area contributed by atoms with Crippen LogP contribution in [0.5, 0.6) is 0 Å². The van der Waals surface area contributed by atoms with Crippen molar-refractivity contribution >= 4 is 0 Å². The molecule has 1 unspecified atom stereocenters. The fraction of sp³-hybridized carbons (Fsp3) is 0.333. The first-order valence-electron chi connectivity index (χ1n) is 6.47. The molecule has 1 aromatic heterocycles. The van der Waals surface area contributed by atoms with E-state index in [2.05, 4.69) is 28.4 Å². The molecular formula is C15H18N4. The zero-order valence-electron chi connectivity index (χ0n) is 11.1. The number of nitrogens with one attached hydrogen (secondary N) is 1. The number of hydrogen-bond acceptors (Lipinski definition) is 3. The Labute approximate surface area is 113 Å². The molecule has 0 saturated heterocycles. The highest BCUT2D eigenvalue weighted by Gasteiger charge is 2.06. The van der Waals surface area contributed by atoms with Crippen LogP contribution in [0.3, 0.4) is 0 Å². The molecule has 1 heterocycles. The van der Waals surface area contributed by atoms with E-state index in [1.54, 1.807) is 11.0 Å². The molecular weight excluding hydrogens is 236 g/mol. The van der Waals surface area contributed by atoms with Gasteiger partial charge in [0, 0.05) is 19.0 Å². The maximum absolute atomic E-state index is 5.33. The zero-order valence-corrected chi connectivity index (χ0v) is 11.1. The molecule has 0 saturated carbocycles. The molecule has 0 amide bonds. The first kappa shape index (κ1) is 13.3. The summed E-state index contributed by atoms with van der Waals surface area (Å²) in [5.41, 5.74) is 1.88. The summed E-state index contributed by atoms with van der Waals surface area (Å²) in [6.07, 6.45) is 8.86. The van der Waals surface area contributed by atoms with Crippen molar-refractivity contribution in [3.8, 4) is 18.0 Å². The second kappa shape index (κ2) is 6.72. The van der Waals surface area contributed by atoms with E-state index in [1.807, 2.05) is 30.3 Å². The Morgan fingerprint density at radius 2 is 2.16 bits per heavy atom. The van der Waals surface area contributed by atoms with Crippen LogP contribution in [0.25, 0.3) is 5.69 Å². The van der Waals surface area contributed by atoms with Gasteiger partial charge < -0.3 is 5.32 Å². The van der Waals surface area contributed by atoms with Gasteiger partial charge in [-0.3, -0.25) is 0 Å². The van der Waals surface area contributed by atoms with Crippen molar-refractivity contribution in [1.82, 2.24) is 20.3 Å². The average Bonchev–Trinajstić information content (AvgIpc) is 2.93. The lowest BCUT2D eigenvalue weighted by Gasteiger charge is -2.12. The molecule has 4 nitrogen and oxygen atoms in total. The molecule has 0 aliphatic rings. The summed E-state index contributed by atoms with van der Waals surface area (Å²) in [7, 11) is 0. The van der Waals surface area contributed by atoms with Gasteiger partial charge >= 0.3 is 0 Å². The number of terminal acetylenes is 1. The molecule has 1 aromatic carbocycles. The third-order valence-electron chi connectivity index (χ3n) is 2.96. The van der Waals surface area contributed by atoms with Crippen LogP contribution in [0.1, 0.15) is 25.5 Å². The molecule has 19 heavy (non-hydrogen) atoms. The third kappa shape index (κ3) is 3.67. The van der Waals surface area contributed by atoms with E-state index >= 15 is 0 Å². The topological polar surface area (TPSA) is 42.7 Å². The fourth-order valence-electron chi connectivity index (χ4n) is 1.81. The second-order valence-corrected chi connectivity index (χ2v) is 4.36. The van der Waals surface area contributed by atoms with Gasteiger partial charge in [-0.1, -0.05) is 25.1 Å². The van der Waals surface area contributed by atoms with Crippen molar-refractivity contribution in [2.24, 2.45) is 0 Å². The highest BCUT2D eigenvalue weighted by molar-refractivity contribution is 5.28. The van der Waals surface area contributed by atoms with Gasteiger partial charge in [0.05, 0.1) is 17.6 Å². The summed E-state index contributed by atoms with van der Waals surface area (Å²) in [5.74, 6) is 2.68. The van der Waals surface area contributed by atoms with Crippen LogP contribution in [-0.2, 0) is 6.54 Å². The van der Waals surface area contributed by atoms with Crippen molar-refractivity contribution in [3.05, 3.63) is 42.2 Å². The van der Waals surface area contributed by atoms with Gasteiger partial charge in [-0.25, -0.2) is 0 Å². The van der Waals surface area contributed by atoms with Crippen molar-refractivity contribution < 1.29 is 0 Å². The zero-order chi connectivity index (χ0) is 13.5. The number of hydrogen-bond donors (Lipinski definition) is 1. The largest absolute Gasteiger partial charge is 0.307 e. The van der Waals surface area contributed by atoms with Crippen molar-refractivity contribution in [3.63, 3.8) is 0 Å². The van der Waals surface area contributed by atoms with Gasteiger partial charge in [0.25, 0.3) is 0 Å². The summed E-state index contributed by atoms with van der Waals surface area (Å²) >= 11 is 0. The van der Waals surface area contributed by atoms with E-state index in [0.717, 1.165) is 24.2 Å². The predicted molar refractivity (Wildman–Crippen MR) is 75.7 cm³/mol. The lowest BCUT2D eigenvalue weighted by atomic mass is 10.1. The molecule has 0 fully saturated rings. The van der Waals surface area contributed by atoms with E-state index < -0.39 is 0 Å². The predicted octanol–water partition coefficient (Wildman–Crippen LogP) is 2.16. The third-order valence-corrected chi connectivity index (χ3v) is 2.96. The fourth-order valence-corrected chi connectivity index (χ4v) is 1.81. The Balaban J connectivity index is 1.97. The molecule has 0 radical (unpaired) electrons. The first-order valence-corrected chi connectivity index (χ1v) is 6.47. The van der Waals surface area contributed by atoms with Crippen LogP contribution in [0.15, 0.2) is 36.5 Å². The van der Waals surface area contributed by atoms with E-state index in [1.165, 1.54) is 0 Å². The maximum Gasteiger partial charge on any atom is 0.0969 e. The number of nitrogens with zero attached hydrogens (tertiary/aromatic N) is 3. The first-order chi connectivity index (χ1) is 9.33. The standard InChI is InChI=1S/C15H18N4/c1-3-8-13(4-2)16-11-14-12-17-19(18-14)15-9-6-5-7-10-15/h1,5-7,9-10,12-13,16H,4,8,11H2,2H3. The lowest BCUT2D eigenvalue weighted by Crippen LogP contribution is -2.27. The minimum atomic E-state index is 0.340. The lowest BCUT2D eigenvalue weighted by molar-refractivity contribution is 0.501. The smallest absolute Gasteiger partial charge is 0.0969 e. The van der Waals surface area contributed by atoms with E-state index in [9.17, 15) is 0 Å². The van der Waals surface area contributed by atoms with Crippen molar-refractivity contribution in [2.45, 2.75) is 32.4 Å². The van der Waals surface area contributed by atoms with Crippen molar-refractivity contribution in [2.75, 3.05) is 0 Å². The molecule has 2 aromatic rings. The molecule has 1 atom stereocenters. The van der Waals surface area contributed by atoms with Crippen LogP contribution in [0.4, 0.5) is 0 Å². The molecule has 98 valence electrons. The Bertz CT molecular complexity index is 539. The average molecular weight is 254 g/mol. The Morgan fingerprint density at radius 1 is 1.37 bits per heavy atom. The van der Waals surface area contributed by atoms with Crippen LogP contribution in [0.2, 0.25) is 0 Å². The molecule has 0 bridgehead atoms. The SMILES string of the molecule is C#CCC(CC)NCc1cnn(-c2ccccc2)n1. The Kier molecular flexibility index (Phi) is 4.71. The normalized spacial score (nSPS) is 12.0. The minimum absolute atomic E-state index is 0.340. The molecule has 0 aliphatic carbocycles. The molecule has 1 N–H and O–H groups in total. The monoisotopic (exact) mass is 254 g/mol. The van der Waals surface area contributed by atoms with Crippen LogP contribution in [-0.4, -0.2) is 21.0 Å². The number of rotatable bonds is 6. The highest BCUT2D eigenvalue weighted by atomic mass is 15.5. The van der Waals surface area contributed by atoms with Crippen molar-refractivity contribution in [1.29, 1.82) is 0 Å². The number of para-hydroxylation sites is 1. The van der Waals surface area contributed by atoms with Gasteiger partial charge in [0.15, 0.2) is 0 Å². The molecule has 2 rings (SSSR count). The number of aromatic nitrogens is 3. The van der Waals surface area contributed by atoms with Crippen LogP contribution in [0, 0.1) is 12.3 Å². The summed E-state index contributed by atoms with van der Waals surface area (Å²) in [6.45, 7) is 2.81. The molecule has 0 spiro atoms. The quantitative estimate of drug-likeness (QED) is 0.803. The summed E-state index contributed by atoms with van der Waals surface area (Å²) in [4.78, 5) is 1.64. The van der Waals surface area contributed by atoms with E-state index in [-0.39, 0.29) is 0 Å². The van der Waals surface area contributed by atoms with Crippen LogP contribution < -0.4 is 5.32 Å². The molecule has 4 heteroatoms. The van der Waals surface area contributed by atoms with Gasteiger partial charge in [0.1, 0.15) is 0 Å². The minimum Gasteiger partial charge on any atom is -0.307 e. The summed E-state index contributed by atoms with van der Waals surface area (Å²) in [6, 6.07) is 10.2. The van der Waals surface area contributed by atoms with E-state index in [0.29, 0.717) is 12.6 Å². The summed E-state index contributed by atoms with van der Waals surface area (Å²) < 4.78 is 0. The van der Waals surface area contributed by atoms with E-state index in [4.69, 9.17) is 6.42 Å². The highest BCUT2D eigenvalue weighted by Crippen LogP contribution is 2.05. The van der Waals surface area contributed by atoms with Crippen LogP contribution >= 0.6 is 0 Å². The Morgan fingerprint density at radius 3 is 2.84 bits per heavy atom. The number of benzene rings is 1. The Hall–Kier alpha value is -2.12. The summed E-state index contributed by atoms with van der Waals surface area (Å²) in [5, 5.41) is 12.1.